The molecule has 1 aromatic heterocycles. The monoisotopic (exact) mass is 411 g/mol. The van der Waals surface area contributed by atoms with E-state index in [0.717, 1.165) is 29.8 Å². The number of aromatic nitrogens is 2. The maximum atomic E-state index is 12.2. The van der Waals surface area contributed by atoms with Crippen LogP contribution in [0.4, 0.5) is 16.6 Å². The van der Waals surface area contributed by atoms with E-state index in [2.05, 4.69) is 65.6 Å². The van der Waals surface area contributed by atoms with Crippen molar-refractivity contribution in [2.45, 2.75) is 46.1 Å². The van der Waals surface area contributed by atoms with Crippen LogP contribution in [0.5, 0.6) is 0 Å². The summed E-state index contributed by atoms with van der Waals surface area (Å²) in [5.41, 5.74) is 3.11. The maximum Gasteiger partial charge on any atom is 0.415 e. The summed E-state index contributed by atoms with van der Waals surface area (Å²) in [6.07, 6.45) is 1.70. The minimum atomic E-state index is -0.357. The molecule has 1 fully saturated rings. The first kappa shape index (κ1) is 20.6. The molecule has 2 aromatic rings. The van der Waals surface area contributed by atoms with Gasteiger partial charge in [0.25, 0.3) is 0 Å². The fourth-order valence-corrected chi connectivity index (χ4v) is 3.41. The molecule has 0 radical (unpaired) electrons. The van der Waals surface area contributed by atoms with E-state index in [0.29, 0.717) is 36.9 Å². The second-order valence-electron chi connectivity index (χ2n) is 8.30. The Labute approximate surface area is 177 Å². The molecule has 2 aliphatic heterocycles. The van der Waals surface area contributed by atoms with E-state index in [1.165, 1.54) is 0 Å². The number of anilines is 2. The van der Waals surface area contributed by atoms with Crippen LogP contribution < -0.4 is 15.5 Å². The number of nitrogens with zero attached hydrogens (tertiary/aromatic N) is 3. The van der Waals surface area contributed by atoms with Gasteiger partial charge in [0.15, 0.2) is 0 Å². The van der Waals surface area contributed by atoms with Gasteiger partial charge in [-0.05, 0) is 24.0 Å². The number of carbonyl (C=O) groups excluding carboxylic acids is 1. The molecular formula is C22H29N5O3. The standard InChI is InChI=1S/C22H29N5O3/c1-14(2)11-27-20-18(13-30-22(27)28)8-24-21(26-20)25-15(3)17-6-4-16(5-7-17)12-29-19-9-23-10-19/h4-8,14-15,19,23H,9-13H2,1-3H3,(H,24,25,26)/t15-/m0/s1. The number of nitrogens with one attached hydrogen (secondary N) is 2. The summed E-state index contributed by atoms with van der Waals surface area (Å²) < 4.78 is 11.1. The minimum Gasteiger partial charge on any atom is -0.444 e. The highest BCUT2D eigenvalue weighted by Crippen LogP contribution is 2.27. The van der Waals surface area contributed by atoms with Gasteiger partial charge in [-0.25, -0.2) is 9.78 Å². The summed E-state index contributed by atoms with van der Waals surface area (Å²) >= 11 is 0. The van der Waals surface area contributed by atoms with E-state index in [-0.39, 0.29) is 18.7 Å². The lowest BCUT2D eigenvalue weighted by Crippen LogP contribution is -2.48. The van der Waals surface area contributed by atoms with E-state index in [1.807, 2.05) is 0 Å². The highest BCUT2D eigenvalue weighted by molar-refractivity contribution is 5.89. The van der Waals surface area contributed by atoms with Gasteiger partial charge in [0.1, 0.15) is 12.4 Å². The second-order valence-corrected chi connectivity index (χ2v) is 8.30. The minimum absolute atomic E-state index is 0.0166. The average Bonchev–Trinajstić information content (AvgIpc) is 2.69. The van der Waals surface area contributed by atoms with Gasteiger partial charge >= 0.3 is 6.09 Å². The topological polar surface area (TPSA) is 88.6 Å². The number of ether oxygens (including phenoxy) is 2. The van der Waals surface area contributed by atoms with Crippen LogP contribution in [-0.4, -0.2) is 41.8 Å². The van der Waals surface area contributed by atoms with Crippen LogP contribution >= 0.6 is 0 Å². The van der Waals surface area contributed by atoms with E-state index in [1.54, 1.807) is 11.1 Å². The van der Waals surface area contributed by atoms with Gasteiger partial charge in [-0.1, -0.05) is 38.1 Å². The zero-order valence-electron chi connectivity index (χ0n) is 17.7. The molecule has 8 nitrogen and oxygen atoms in total. The molecule has 1 amide bonds. The van der Waals surface area contributed by atoms with E-state index >= 15 is 0 Å². The molecular weight excluding hydrogens is 382 g/mol. The second kappa shape index (κ2) is 8.97. The lowest BCUT2D eigenvalue weighted by atomic mass is 10.1. The molecule has 1 atom stereocenters. The summed E-state index contributed by atoms with van der Waals surface area (Å²) in [4.78, 5) is 22.8. The van der Waals surface area contributed by atoms with Crippen LogP contribution in [0.25, 0.3) is 0 Å². The summed E-state index contributed by atoms with van der Waals surface area (Å²) in [5.74, 6) is 1.43. The van der Waals surface area contributed by atoms with Crippen LogP contribution in [0.15, 0.2) is 30.5 Å². The van der Waals surface area contributed by atoms with Crippen molar-refractivity contribution in [2.24, 2.45) is 5.92 Å². The number of carbonyl (C=O) groups is 1. The van der Waals surface area contributed by atoms with Crippen molar-refractivity contribution in [3.05, 3.63) is 47.2 Å². The molecule has 1 saturated heterocycles. The number of rotatable bonds is 8. The highest BCUT2D eigenvalue weighted by Gasteiger charge is 2.28. The molecule has 30 heavy (non-hydrogen) atoms. The summed E-state index contributed by atoms with van der Waals surface area (Å²) in [7, 11) is 0. The van der Waals surface area contributed by atoms with Crippen LogP contribution in [0.3, 0.4) is 0 Å². The van der Waals surface area contributed by atoms with Crippen molar-refractivity contribution in [1.29, 1.82) is 0 Å². The first-order valence-corrected chi connectivity index (χ1v) is 10.5. The Morgan fingerprint density at radius 1 is 1.27 bits per heavy atom. The maximum absolute atomic E-state index is 12.2. The van der Waals surface area contributed by atoms with Crippen LogP contribution in [0.1, 0.15) is 43.5 Å². The van der Waals surface area contributed by atoms with Crippen molar-refractivity contribution in [2.75, 3.05) is 29.9 Å². The largest absolute Gasteiger partial charge is 0.444 e. The smallest absolute Gasteiger partial charge is 0.415 e. The molecule has 160 valence electrons. The van der Waals surface area contributed by atoms with Gasteiger partial charge in [0.05, 0.1) is 24.3 Å². The van der Waals surface area contributed by atoms with Crippen molar-refractivity contribution < 1.29 is 14.3 Å². The molecule has 0 spiro atoms. The van der Waals surface area contributed by atoms with Crippen LogP contribution in [0.2, 0.25) is 0 Å². The Balaban J connectivity index is 1.42. The van der Waals surface area contributed by atoms with Crippen LogP contribution in [-0.2, 0) is 22.7 Å². The molecule has 0 bridgehead atoms. The predicted octanol–water partition coefficient (Wildman–Crippen LogP) is 3.25. The fraction of sp³-hybridized carbons (Fsp3) is 0.500. The van der Waals surface area contributed by atoms with E-state index in [4.69, 9.17) is 9.47 Å². The first-order chi connectivity index (χ1) is 14.5. The van der Waals surface area contributed by atoms with Gasteiger partial charge in [0.2, 0.25) is 5.95 Å². The Morgan fingerprint density at radius 2 is 2.03 bits per heavy atom. The molecule has 1 aromatic carbocycles. The molecule has 2 aliphatic rings. The van der Waals surface area contributed by atoms with E-state index in [9.17, 15) is 4.79 Å². The van der Waals surface area contributed by atoms with Gasteiger partial charge in [0, 0.05) is 25.8 Å². The first-order valence-electron chi connectivity index (χ1n) is 10.5. The molecule has 0 saturated carbocycles. The van der Waals surface area contributed by atoms with Gasteiger partial charge in [-0.3, -0.25) is 4.90 Å². The fourth-order valence-electron chi connectivity index (χ4n) is 3.41. The Kier molecular flexibility index (Phi) is 6.15. The Morgan fingerprint density at radius 3 is 2.70 bits per heavy atom. The molecule has 4 rings (SSSR count). The zero-order valence-corrected chi connectivity index (χ0v) is 17.7. The Hall–Kier alpha value is -2.71. The van der Waals surface area contributed by atoms with Crippen LogP contribution in [0, 0.1) is 5.92 Å². The summed E-state index contributed by atoms with van der Waals surface area (Å²) in [5, 5.41) is 6.55. The SMILES string of the molecule is CC(C)CN1C(=O)OCc2cnc(N[C@@H](C)c3ccc(COC4CNC4)cc3)nc21. The molecule has 8 heteroatoms. The third kappa shape index (κ3) is 4.71. The summed E-state index contributed by atoms with van der Waals surface area (Å²) in [6.45, 7) is 9.44. The molecule has 3 heterocycles. The predicted molar refractivity (Wildman–Crippen MR) is 114 cm³/mol. The molecule has 0 aliphatic carbocycles. The zero-order chi connectivity index (χ0) is 21.1. The number of benzene rings is 1. The average molecular weight is 412 g/mol. The lowest BCUT2D eigenvalue weighted by molar-refractivity contribution is 0.00758. The van der Waals surface area contributed by atoms with Crippen molar-refractivity contribution in [3.8, 4) is 0 Å². The third-order valence-electron chi connectivity index (χ3n) is 5.27. The van der Waals surface area contributed by atoms with Gasteiger partial charge in [-0.2, -0.15) is 4.98 Å². The van der Waals surface area contributed by atoms with Crippen molar-refractivity contribution >= 4 is 17.9 Å². The highest BCUT2D eigenvalue weighted by atomic mass is 16.6. The Bertz CT molecular complexity index is 883. The number of fused-ring (bicyclic) bond motifs is 1. The number of cyclic esters (lactones) is 1. The molecule has 0 unspecified atom stereocenters. The van der Waals surface area contributed by atoms with Crippen molar-refractivity contribution in [1.82, 2.24) is 15.3 Å². The van der Waals surface area contributed by atoms with Crippen molar-refractivity contribution in [3.63, 3.8) is 0 Å². The third-order valence-corrected chi connectivity index (χ3v) is 5.27. The van der Waals surface area contributed by atoms with E-state index < -0.39 is 0 Å². The molecule has 2 N–H and O–H groups in total. The lowest BCUT2D eigenvalue weighted by Gasteiger charge is -2.29. The normalized spacial score (nSPS) is 17.3. The summed E-state index contributed by atoms with van der Waals surface area (Å²) in [6, 6.07) is 8.39. The number of hydrogen-bond donors (Lipinski definition) is 2. The number of amides is 1. The quantitative estimate of drug-likeness (QED) is 0.689. The van der Waals surface area contributed by atoms with Gasteiger partial charge < -0.3 is 20.1 Å². The number of hydrogen-bond acceptors (Lipinski definition) is 7. The van der Waals surface area contributed by atoms with Gasteiger partial charge in [-0.15, -0.1) is 0 Å².